The van der Waals surface area contributed by atoms with E-state index in [2.05, 4.69) is 10.4 Å². The first-order valence-corrected chi connectivity index (χ1v) is 7.84. The molecular formula is C18H20N4O4. The molecule has 1 aromatic carbocycles. The van der Waals surface area contributed by atoms with Crippen LogP contribution in [0.3, 0.4) is 0 Å². The summed E-state index contributed by atoms with van der Waals surface area (Å²) in [6, 6.07) is 8.45. The van der Waals surface area contributed by atoms with Gasteiger partial charge in [-0.1, -0.05) is 0 Å². The summed E-state index contributed by atoms with van der Waals surface area (Å²) in [5.74, 6) is 0.688. The molecule has 2 rings (SSSR count). The Morgan fingerprint density at radius 2 is 1.88 bits per heavy atom. The number of aromatic nitrogens is 2. The highest BCUT2D eigenvalue weighted by Gasteiger charge is 2.20. The van der Waals surface area contributed by atoms with Crippen molar-refractivity contribution >= 4 is 11.9 Å². The molecule has 0 spiro atoms. The lowest BCUT2D eigenvalue weighted by atomic mass is 10.2. The molecule has 0 fully saturated rings. The van der Waals surface area contributed by atoms with E-state index in [4.69, 9.17) is 9.47 Å². The van der Waals surface area contributed by atoms with Crippen molar-refractivity contribution in [1.29, 1.82) is 5.26 Å². The van der Waals surface area contributed by atoms with Crippen molar-refractivity contribution in [3.05, 3.63) is 45.7 Å². The van der Waals surface area contributed by atoms with Crippen LogP contribution in [0.1, 0.15) is 31.9 Å². The van der Waals surface area contributed by atoms with Crippen molar-refractivity contribution in [2.75, 3.05) is 12.4 Å². The number of nitriles is 1. The van der Waals surface area contributed by atoms with E-state index >= 15 is 0 Å². The third-order valence-corrected chi connectivity index (χ3v) is 3.38. The predicted octanol–water partition coefficient (Wildman–Crippen LogP) is 2.77. The molecule has 0 bridgehead atoms. The third-order valence-electron chi connectivity index (χ3n) is 3.38. The Morgan fingerprint density at radius 1 is 1.27 bits per heavy atom. The summed E-state index contributed by atoms with van der Waals surface area (Å²) < 4.78 is 11.3. The van der Waals surface area contributed by atoms with Gasteiger partial charge in [-0.05, 0) is 52.0 Å². The average molecular weight is 356 g/mol. The predicted molar refractivity (Wildman–Crippen MR) is 95.7 cm³/mol. The highest BCUT2D eigenvalue weighted by Crippen LogP contribution is 2.18. The second-order valence-corrected chi connectivity index (χ2v) is 6.50. The van der Waals surface area contributed by atoms with Gasteiger partial charge in [0.05, 0.1) is 12.8 Å². The fourth-order valence-electron chi connectivity index (χ4n) is 2.15. The molecule has 0 unspecified atom stereocenters. The number of carbonyl (C=O) groups excluding carboxylic acids is 1. The number of nitrogens with zero attached hydrogens (tertiary/aromatic N) is 3. The maximum absolute atomic E-state index is 12.5. The molecule has 8 nitrogen and oxygen atoms in total. The monoisotopic (exact) mass is 356 g/mol. The van der Waals surface area contributed by atoms with Crippen molar-refractivity contribution in [1.82, 2.24) is 9.78 Å². The Morgan fingerprint density at radius 3 is 2.38 bits per heavy atom. The second-order valence-electron chi connectivity index (χ2n) is 6.50. The first kappa shape index (κ1) is 19.0. The third kappa shape index (κ3) is 4.19. The molecular weight excluding hydrogens is 336 g/mol. The van der Waals surface area contributed by atoms with Crippen LogP contribution in [-0.2, 0) is 4.74 Å². The number of methoxy groups -OCH3 is 1. The summed E-state index contributed by atoms with van der Waals surface area (Å²) in [6.07, 6.45) is -0.725. The van der Waals surface area contributed by atoms with E-state index in [-0.39, 0.29) is 16.9 Å². The van der Waals surface area contributed by atoms with Gasteiger partial charge in [0.1, 0.15) is 23.0 Å². The molecule has 2 aromatic rings. The Balaban J connectivity index is 2.51. The Hall–Kier alpha value is -3.34. The number of carbonyl (C=O) groups is 1. The minimum absolute atomic E-state index is 0.0752. The fraction of sp³-hybridized carbons (Fsp3) is 0.333. The zero-order chi connectivity index (χ0) is 19.5. The van der Waals surface area contributed by atoms with Crippen molar-refractivity contribution in [3.8, 4) is 17.5 Å². The largest absolute Gasteiger partial charge is 0.497 e. The first-order valence-electron chi connectivity index (χ1n) is 7.84. The lowest BCUT2D eigenvalue weighted by Crippen LogP contribution is -2.31. The zero-order valence-corrected chi connectivity index (χ0v) is 15.3. The smallest absolute Gasteiger partial charge is 0.413 e. The normalized spacial score (nSPS) is 10.8. The quantitative estimate of drug-likeness (QED) is 0.906. The molecule has 0 saturated heterocycles. The highest BCUT2D eigenvalue weighted by molar-refractivity contribution is 5.84. The van der Waals surface area contributed by atoms with Crippen LogP contribution in [0, 0.1) is 18.3 Å². The number of hydrogen-bond acceptors (Lipinski definition) is 6. The molecule has 26 heavy (non-hydrogen) atoms. The molecule has 1 aromatic heterocycles. The van der Waals surface area contributed by atoms with Gasteiger partial charge in [-0.3, -0.25) is 10.1 Å². The van der Waals surface area contributed by atoms with Crippen molar-refractivity contribution < 1.29 is 14.3 Å². The average Bonchev–Trinajstić information content (AvgIpc) is 2.56. The molecule has 1 amide bonds. The maximum Gasteiger partial charge on any atom is 0.413 e. The number of nitrogens with one attached hydrogen (secondary N) is 1. The van der Waals surface area contributed by atoms with Crippen molar-refractivity contribution in [2.24, 2.45) is 0 Å². The standard InChI is InChI=1S/C18H20N4O4/c1-11-14(10-19)16(23)22(12-6-8-13(25-5)9-7-12)21-15(11)20-17(24)26-18(2,3)4/h6-9H,1-5H3,(H,20,21,24). The van der Waals surface area contributed by atoms with Crippen molar-refractivity contribution in [2.45, 2.75) is 33.3 Å². The Bertz CT molecular complexity index is 918. The maximum atomic E-state index is 12.5. The minimum atomic E-state index is -0.725. The fourth-order valence-corrected chi connectivity index (χ4v) is 2.15. The van der Waals surface area contributed by atoms with E-state index in [1.165, 1.54) is 14.0 Å². The van der Waals surface area contributed by atoms with E-state index in [0.717, 1.165) is 4.68 Å². The molecule has 0 atom stereocenters. The summed E-state index contributed by atoms with van der Waals surface area (Å²) in [6.45, 7) is 6.72. The minimum Gasteiger partial charge on any atom is -0.497 e. The van der Waals surface area contributed by atoms with Crippen LogP contribution >= 0.6 is 0 Å². The number of anilines is 1. The summed E-state index contributed by atoms with van der Waals surface area (Å²) in [5.41, 5.74) is -0.681. The first-order chi connectivity index (χ1) is 12.2. The molecule has 0 aliphatic heterocycles. The van der Waals surface area contributed by atoms with Gasteiger partial charge in [0.2, 0.25) is 0 Å². The van der Waals surface area contributed by atoms with Gasteiger partial charge < -0.3 is 9.47 Å². The summed E-state index contributed by atoms with van der Waals surface area (Å²) in [7, 11) is 1.53. The molecule has 8 heteroatoms. The van der Waals surface area contributed by atoms with Crippen LogP contribution in [0.15, 0.2) is 29.1 Å². The van der Waals surface area contributed by atoms with Crippen LogP contribution in [-0.4, -0.2) is 28.6 Å². The van der Waals surface area contributed by atoms with E-state index in [1.807, 2.05) is 6.07 Å². The van der Waals surface area contributed by atoms with Crippen molar-refractivity contribution in [3.63, 3.8) is 0 Å². The van der Waals surface area contributed by atoms with Gasteiger partial charge >= 0.3 is 6.09 Å². The highest BCUT2D eigenvalue weighted by atomic mass is 16.6. The lowest BCUT2D eigenvalue weighted by Gasteiger charge is -2.20. The van der Waals surface area contributed by atoms with Crippen LogP contribution in [0.2, 0.25) is 0 Å². The number of benzene rings is 1. The van der Waals surface area contributed by atoms with Gasteiger partial charge in [-0.25, -0.2) is 4.79 Å². The molecule has 0 radical (unpaired) electrons. The van der Waals surface area contributed by atoms with Crippen LogP contribution in [0.25, 0.3) is 5.69 Å². The number of ether oxygens (including phenoxy) is 2. The number of rotatable bonds is 3. The Kier molecular flexibility index (Phi) is 5.31. The van der Waals surface area contributed by atoms with E-state index in [9.17, 15) is 14.9 Å². The number of hydrogen-bond donors (Lipinski definition) is 1. The molecule has 136 valence electrons. The summed E-state index contributed by atoms with van der Waals surface area (Å²) in [4.78, 5) is 24.6. The Labute approximate surface area is 151 Å². The van der Waals surface area contributed by atoms with Crippen LogP contribution < -0.4 is 15.6 Å². The summed E-state index contributed by atoms with van der Waals surface area (Å²) >= 11 is 0. The number of amides is 1. The van der Waals surface area contributed by atoms with Gasteiger partial charge in [-0.2, -0.15) is 9.94 Å². The zero-order valence-electron chi connectivity index (χ0n) is 15.3. The van der Waals surface area contributed by atoms with Crippen LogP contribution in [0.5, 0.6) is 5.75 Å². The van der Waals surface area contributed by atoms with Gasteiger partial charge in [0, 0.05) is 5.56 Å². The van der Waals surface area contributed by atoms with E-state index in [1.54, 1.807) is 45.0 Å². The molecule has 0 aliphatic carbocycles. The van der Waals surface area contributed by atoms with Gasteiger partial charge in [0.25, 0.3) is 5.56 Å². The topological polar surface area (TPSA) is 106 Å². The SMILES string of the molecule is COc1ccc(-n2nc(NC(=O)OC(C)(C)C)c(C)c(C#N)c2=O)cc1. The van der Waals surface area contributed by atoms with Gasteiger partial charge in [0.15, 0.2) is 5.82 Å². The molecule has 0 saturated carbocycles. The molecule has 1 heterocycles. The summed E-state index contributed by atoms with van der Waals surface area (Å²) in [5, 5.41) is 16.0. The van der Waals surface area contributed by atoms with Crippen LogP contribution in [0.4, 0.5) is 10.6 Å². The lowest BCUT2D eigenvalue weighted by molar-refractivity contribution is 0.0635. The second kappa shape index (κ2) is 7.27. The van der Waals surface area contributed by atoms with E-state index in [0.29, 0.717) is 11.4 Å². The van der Waals surface area contributed by atoms with E-state index < -0.39 is 17.3 Å². The molecule has 0 aliphatic rings. The van der Waals surface area contributed by atoms with Gasteiger partial charge in [-0.15, -0.1) is 5.10 Å². The molecule has 1 N–H and O–H groups in total.